The highest BCUT2D eigenvalue weighted by molar-refractivity contribution is 5.36. The largest absolute Gasteiger partial charge is 0.494 e. The first-order chi connectivity index (χ1) is 9.31. The first-order valence-corrected chi connectivity index (χ1v) is 7.47. The van der Waals surface area contributed by atoms with Gasteiger partial charge in [0.05, 0.1) is 6.61 Å². The van der Waals surface area contributed by atoms with Crippen LogP contribution in [0.5, 0.6) is 5.75 Å². The fourth-order valence-electron chi connectivity index (χ4n) is 3.22. The van der Waals surface area contributed by atoms with Crippen LogP contribution in [0.25, 0.3) is 0 Å². The van der Waals surface area contributed by atoms with Crippen LogP contribution >= 0.6 is 0 Å². The van der Waals surface area contributed by atoms with Gasteiger partial charge in [0.15, 0.2) is 0 Å². The van der Waals surface area contributed by atoms with E-state index >= 15 is 0 Å². The fourth-order valence-corrected chi connectivity index (χ4v) is 3.22. The summed E-state index contributed by atoms with van der Waals surface area (Å²) in [6.07, 6.45) is 2.47. The van der Waals surface area contributed by atoms with Gasteiger partial charge in [-0.15, -0.1) is 0 Å². The highest BCUT2D eigenvalue weighted by Gasteiger charge is 2.32. The molecule has 1 fully saturated rings. The van der Waals surface area contributed by atoms with Gasteiger partial charge in [-0.1, -0.05) is 25.1 Å². The second kappa shape index (κ2) is 6.92. The Morgan fingerprint density at radius 1 is 1.32 bits per heavy atom. The molecule has 1 aromatic rings. The van der Waals surface area contributed by atoms with Crippen molar-refractivity contribution in [2.45, 2.75) is 32.7 Å². The predicted molar refractivity (Wildman–Crippen MR) is 79.4 cm³/mol. The molecule has 1 aromatic carbocycles. The summed E-state index contributed by atoms with van der Waals surface area (Å²) < 4.78 is 5.81. The number of hydrogen-bond donors (Lipinski definition) is 1. The number of piperidine rings is 1. The highest BCUT2D eigenvalue weighted by Crippen LogP contribution is 2.39. The van der Waals surface area contributed by atoms with E-state index in [0.717, 1.165) is 25.4 Å². The van der Waals surface area contributed by atoms with Gasteiger partial charge < -0.3 is 10.5 Å². The summed E-state index contributed by atoms with van der Waals surface area (Å²) in [5, 5.41) is 0. The maximum absolute atomic E-state index is 6.00. The molecule has 0 spiro atoms. The lowest BCUT2D eigenvalue weighted by Crippen LogP contribution is -2.41. The van der Waals surface area contributed by atoms with Gasteiger partial charge in [-0.25, -0.2) is 0 Å². The Morgan fingerprint density at radius 3 is 2.79 bits per heavy atom. The van der Waals surface area contributed by atoms with E-state index in [9.17, 15) is 0 Å². The highest BCUT2D eigenvalue weighted by atomic mass is 16.5. The van der Waals surface area contributed by atoms with Gasteiger partial charge in [0.2, 0.25) is 0 Å². The van der Waals surface area contributed by atoms with E-state index in [-0.39, 0.29) is 0 Å². The molecule has 19 heavy (non-hydrogen) atoms. The molecule has 3 heteroatoms. The SMILES string of the molecule is CCOc1ccccc1C1C(CN)CCCN1CC. The van der Waals surface area contributed by atoms with Crippen LogP contribution in [0.2, 0.25) is 0 Å². The maximum Gasteiger partial charge on any atom is 0.124 e. The van der Waals surface area contributed by atoms with Crippen LogP contribution in [-0.2, 0) is 0 Å². The van der Waals surface area contributed by atoms with Gasteiger partial charge in [0.25, 0.3) is 0 Å². The number of nitrogens with two attached hydrogens (primary N) is 1. The Kier molecular flexibility index (Phi) is 5.23. The molecule has 0 aliphatic carbocycles. The van der Waals surface area contributed by atoms with Crippen molar-refractivity contribution < 1.29 is 4.74 Å². The van der Waals surface area contributed by atoms with Gasteiger partial charge in [0.1, 0.15) is 5.75 Å². The third-order valence-electron chi connectivity index (χ3n) is 4.11. The van der Waals surface area contributed by atoms with Gasteiger partial charge in [-0.2, -0.15) is 0 Å². The number of hydrogen-bond acceptors (Lipinski definition) is 3. The number of nitrogens with zero attached hydrogens (tertiary/aromatic N) is 1. The monoisotopic (exact) mass is 262 g/mol. The van der Waals surface area contributed by atoms with Crippen LogP contribution in [0.1, 0.15) is 38.3 Å². The van der Waals surface area contributed by atoms with Crippen molar-refractivity contribution in [3.63, 3.8) is 0 Å². The van der Waals surface area contributed by atoms with Crippen LogP contribution in [-0.4, -0.2) is 31.1 Å². The molecule has 0 amide bonds. The first kappa shape index (κ1) is 14.4. The van der Waals surface area contributed by atoms with E-state index < -0.39 is 0 Å². The van der Waals surface area contributed by atoms with Crippen LogP contribution < -0.4 is 10.5 Å². The molecule has 106 valence electrons. The van der Waals surface area contributed by atoms with Crippen molar-refractivity contribution >= 4 is 0 Å². The summed E-state index contributed by atoms with van der Waals surface area (Å²) in [4.78, 5) is 2.54. The first-order valence-electron chi connectivity index (χ1n) is 7.47. The van der Waals surface area contributed by atoms with E-state index in [2.05, 4.69) is 30.0 Å². The van der Waals surface area contributed by atoms with E-state index in [1.807, 2.05) is 13.0 Å². The topological polar surface area (TPSA) is 38.5 Å². The van der Waals surface area contributed by atoms with Crippen molar-refractivity contribution in [1.29, 1.82) is 0 Å². The second-order valence-corrected chi connectivity index (χ2v) is 5.18. The predicted octanol–water partition coefficient (Wildman–Crippen LogP) is 2.82. The maximum atomic E-state index is 6.00. The Bertz CT molecular complexity index is 382. The molecule has 1 aliphatic rings. The van der Waals surface area contributed by atoms with Gasteiger partial charge >= 0.3 is 0 Å². The lowest BCUT2D eigenvalue weighted by atomic mass is 9.84. The summed E-state index contributed by atoms with van der Waals surface area (Å²) in [5.41, 5.74) is 7.31. The normalized spacial score (nSPS) is 24.4. The molecule has 0 aromatic heterocycles. The lowest BCUT2D eigenvalue weighted by Gasteiger charge is -2.41. The Balaban J connectivity index is 2.34. The van der Waals surface area contributed by atoms with Crippen LogP contribution in [0.3, 0.4) is 0 Å². The molecule has 2 unspecified atom stereocenters. The molecule has 0 saturated carbocycles. The molecular weight excluding hydrogens is 236 g/mol. The van der Waals surface area contributed by atoms with E-state index in [4.69, 9.17) is 10.5 Å². The number of benzene rings is 1. The van der Waals surface area contributed by atoms with Crippen molar-refractivity contribution in [2.75, 3.05) is 26.2 Å². The van der Waals surface area contributed by atoms with E-state index in [1.165, 1.54) is 18.4 Å². The Morgan fingerprint density at radius 2 is 2.11 bits per heavy atom. The third kappa shape index (κ3) is 3.10. The standard InChI is InChI=1S/C16H26N2O/c1-3-18-11-7-8-13(12-17)16(18)14-9-5-6-10-15(14)19-4-2/h5-6,9-10,13,16H,3-4,7-8,11-12,17H2,1-2H3. The molecule has 1 saturated heterocycles. The molecule has 2 N–H and O–H groups in total. The third-order valence-corrected chi connectivity index (χ3v) is 4.11. The molecule has 3 nitrogen and oxygen atoms in total. The minimum absolute atomic E-state index is 0.409. The molecule has 2 rings (SSSR count). The van der Waals surface area contributed by atoms with Crippen molar-refractivity contribution in [1.82, 2.24) is 4.90 Å². The molecular formula is C16H26N2O. The average molecular weight is 262 g/mol. The van der Waals surface area contributed by atoms with Gasteiger partial charge in [0, 0.05) is 11.6 Å². The molecule has 1 aliphatic heterocycles. The zero-order chi connectivity index (χ0) is 13.7. The van der Waals surface area contributed by atoms with Crippen LogP contribution in [0, 0.1) is 5.92 Å². The van der Waals surface area contributed by atoms with Crippen LogP contribution in [0.4, 0.5) is 0 Å². The van der Waals surface area contributed by atoms with Crippen molar-refractivity contribution in [2.24, 2.45) is 11.7 Å². The molecule has 2 atom stereocenters. The van der Waals surface area contributed by atoms with Crippen LogP contribution in [0.15, 0.2) is 24.3 Å². The average Bonchev–Trinajstić information content (AvgIpc) is 2.47. The summed E-state index contributed by atoms with van der Waals surface area (Å²) >= 11 is 0. The van der Waals surface area contributed by atoms with Crippen molar-refractivity contribution in [3.8, 4) is 5.75 Å². The van der Waals surface area contributed by atoms with E-state index in [0.29, 0.717) is 18.6 Å². The summed E-state index contributed by atoms with van der Waals surface area (Å²) in [7, 11) is 0. The smallest absolute Gasteiger partial charge is 0.124 e. The summed E-state index contributed by atoms with van der Waals surface area (Å²) in [6, 6.07) is 8.84. The molecule has 0 bridgehead atoms. The lowest BCUT2D eigenvalue weighted by molar-refractivity contribution is 0.0992. The minimum Gasteiger partial charge on any atom is -0.494 e. The second-order valence-electron chi connectivity index (χ2n) is 5.18. The zero-order valence-corrected chi connectivity index (χ0v) is 12.1. The molecule has 1 heterocycles. The number of rotatable bonds is 5. The molecule has 0 radical (unpaired) electrons. The number of likely N-dealkylation sites (tertiary alicyclic amines) is 1. The van der Waals surface area contributed by atoms with Gasteiger partial charge in [-0.05, 0) is 51.4 Å². The Labute approximate surface area is 116 Å². The quantitative estimate of drug-likeness (QED) is 0.887. The number of ether oxygens (including phenoxy) is 1. The summed E-state index contributed by atoms with van der Waals surface area (Å²) in [6.45, 7) is 7.97. The minimum atomic E-state index is 0.409. The van der Waals surface area contributed by atoms with Crippen molar-refractivity contribution in [3.05, 3.63) is 29.8 Å². The zero-order valence-electron chi connectivity index (χ0n) is 12.1. The number of para-hydroxylation sites is 1. The Hall–Kier alpha value is -1.06. The summed E-state index contributed by atoms with van der Waals surface area (Å²) in [5.74, 6) is 1.56. The van der Waals surface area contributed by atoms with E-state index in [1.54, 1.807) is 0 Å². The fraction of sp³-hybridized carbons (Fsp3) is 0.625. The van der Waals surface area contributed by atoms with Gasteiger partial charge in [-0.3, -0.25) is 4.90 Å².